The van der Waals surface area contributed by atoms with E-state index in [9.17, 15) is 9.59 Å². The molecule has 1 aromatic heterocycles. The Morgan fingerprint density at radius 1 is 1.32 bits per heavy atom. The zero-order valence-corrected chi connectivity index (χ0v) is 11.7. The molecular weight excluding hydrogens is 244 g/mol. The molecule has 1 aliphatic rings. The number of hydrogen-bond donors (Lipinski definition) is 1. The minimum atomic E-state index is -0.753. The van der Waals surface area contributed by atoms with Crippen LogP contribution in [0.5, 0.6) is 0 Å². The van der Waals surface area contributed by atoms with Crippen molar-refractivity contribution in [1.82, 2.24) is 10.2 Å². The van der Waals surface area contributed by atoms with E-state index in [2.05, 4.69) is 5.32 Å². The Hall–Kier alpha value is -1.78. The van der Waals surface area contributed by atoms with Gasteiger partial charge in [0.05, 0.1) is 6.54 Å². The van der Waals surface area contributed by atoms with Crippen LogP contribution in [0.1, 0.15) is 38.2 Å². The Morgan fingerprint density at radius 3 is 2.53 bits per heavy atom. The maximum Gasteiger partial charge on any atom is 0.249 e. The standard InChI is InChI=1S/C14H20N2O3/c1-4-14(5-2)13(18)16(9-12(17)15-14)8-11-7-6-10(3)19-11/h6-7H,4-5,8-9H2,1-3H3,(H,15,17). The van der Waals surface area contributed by atoms with Crippen LogP contribution >= 0.6 is 0 Å². The van der Waals surface area contributed by atoms with Crippen LogP contribution in [-0.2, 0) is 16.1 Å². The van der Waals surface area contributed by atoms with E-state index in [1.165, 1.54) is 0 Å². The van der Waals surface area contributed by atoms with E-state index in [0.717, 1.165) is 5.76 Å². The normalized spacial score (nSPS) is 18.6. The maximum absolute atomic E-state index is 12.5. The molecule has 0 aromatic carbocycles. The molecule has 0 saturated carbocycles. The average Bonchev–Trinajstić information content (AvgIpc) is 2.79. The van der Waals surface area contributed by atoms with E-state index in [-0.39, 0.29) is 18.4 Å². The summed E-state index contributed by atoms with van der Waals surface area (Å²) in [5.74, 6) is 1.39. The molecule has 5 heteroatoms. The van der Waals surface area contributed by atoms with Gasteiger partial charge in [-0.05, 0) is 31.9 Å². The molecule has 1 fully saturated rings. The van der Waals surface area contributed by atoms with Crippen LogP contribution in [0.25, 0.3) is 0 Å². The highest BCUT2D eigenvalue weighted by molar-refractivity contribution is 5.97. The second-order valence-electron chi connectivity index (χ2n) is 5.01. The summed E-state index contributed by atoms with van der Waals surface area (Å²) in [4.78, 5) is 25.9. The minimum Gasteiger partial charge on any atom is -0.464 e. The fourth-order valence-electron chi connectivity index (χ4n) is 2.52. The number of furan rings is 1. The van der Waals surface area contributed by atoms with Gasteiger partial charge in [-0.2, -0.15) is 0 Å². The van der Waals surface area contributed by atoms with Gasteiger partial charge in [0.2, 0.25) is 11.8 Å². The molecule has 2 rings (SSSR count). The number of hydrogen-bond acceptors (Lipinski definition) is 3. The van der Waals surface area contributed by atoms with Crippen molar-refractivity contribution < 1.29 is 14.0 Å². The van der Waals surface area contributed by atoms with Gasteiger partial charge >= 0.3 is 0 Å². The highest BCUT2D eigenvalue weighted by Crippen LogP contribution is 2.23. The number of aryl methyl sites for hydroxylation is 1. The van der Waals surface area contributed by atoms with Crippen LogP contribution in [0.2, 0.25) is 0 Å². The largest absolute Gasteiger partial charge is 0.464 e. The number of nitrogens with zero attached hydrogens (tertiary/aromatic N) is 1. The van der Waals surface area contributed by atoms with Crippen molar-refractivity contribution in [3.05, 3.63) is 23.7 Å². The van der Waals surface area contributed by atoms with Gasteiger partial charge in [0.1, 0.15) is 23.6 Å². The molecule has 2 heterocycles. The summed E-state index contributed by atoms with van der Waals surface area (Å²) in [5.41, 5.74) is -0.753. The lowest BCUT2D eigenvalue weighted by Crippen LogP contribution is -2.65. The second kappa shape index (κ2) is 5.07. The van der Waals surface area contributed by atoms with Gasteiger partial charge in [-0.25, -0.2) is 0 Å². The van der Waals surface area contributed by atoms with Gasteiger partial charge < -0.3 is 14.6 Å². The number of carbonyl (C=O) groups is 2. The Kier molecular flexibility index (Phi) is 3.64. The van der Waals surface area contributed by atoms with Crippen LogP contribution in [0.4, 0.5) is 0 Å². The number of piperazine rings is 1. The first-order valence-electron chi connectivity index (χ1n) is 6.66. The van der Waals surface area contributed by atoms with Crippen molar-refractivity contribution in [2.45, 2.75) is 45.7 Å². The van der Waals surface area contributed by atoms with Crippen molar-refractivity contribution in [3.63, 3.8) is 0 Å². The molecule has 1 N–H and O–H groups in total. The molecular formula is C14H20N2O3. The van der Waals surface area contributed by atoms with Gasteiger partial charge in [-0.1, -0.05) is 13.8 Å². The fourth-order valence-corrected chi connectivity index (χ4v) is 2.52. The topological polar surface area (TPSA) is 62.6 Å². The first-order chi connectivity index (χ1) is 9.00. The summed E-state index contributed by atoms with van der Waals surface area (Å²) in [6, 6.07) is 3.70. The van der Waals surface area contributed by atoms with Crippen LogP contribution in [0.3, 0.4) is 0 Å². The third kappa shape index (κ3) is 2.50. The number of carbonyl (C=O) groups excluding carboxylic acids is 2. The summed E-state index contributed by atoms with van der Waals surface area (Å²) in [5, 5.41) is 2.84. The van der Waals surface area contributed by atoms with Gasteiger partial charge in [0.15, 0.2) is 0 Å². The summed E-state index contributed by atoms with van der Waals surface area (Å²) < 4.78 is 5.48. The lowest BCUT2D eigenvalue weighted by Gasteiger charge is -2.40. The van der Waals surface area contributed by atoms with E-state index >= 15 is 0 Å². The minimum absolute atomic E-state index is 0.0221. The second-order valence-corrected chi connectivity index (χ2v) is 5.01. The molecule has 1 aromatic rings. The van der Waals surface area contributed by atoms with Crippen LogP contribution in [-0.4, -0.2) is 28.8 Å². The molecule has 5 nitrogen and oxygen atoms in total. The molecule has 0 bridgehead atoms. The molecule has 1 aliphatic heterocycles. The molecule has 19 heavy (non-hydrogen) atoms. The zero-order valence-electron chi connectivity index (χ0n) is 11.7. The molecule has 0 unspecified atom stereocenters. The Labute approximate surface area is 113 Å². The van der Waals surface area contributed by atoms with Crippen LogP contribution < -0.4 is 5.32 Å². The van der Waals surface area contributed by atoms with Crippen molar-refractivity contribution in [3.8, 4) is 0 Å². The van der Waals surface area contributed by atoms with Gasteiger partial charge in [0, 0.05) is 0 Å². The van der Waals surface area contributed by atoms with E-state index in [4.69, 9.17) is 4.42 Å². The highest BCUT2D eigenvalue weighted by Gasteiger charge is 2.44. The smallest absolute Gasteiger partial charge is 0.249 e. The summed E-state index contributed by atoms with van der Waals surface area (Å²) in [6.07, 6.45) is 1.20. The zero-order chi connectivity index (χ0) is 14.0. The van der Waals surface area contributed by atoms with E-state index in [1.54, 1.807) is 4.90 Å². The molecule has 0 spiro atoms. The quantitative estimate of drug-likeness (QED) is 0.898. The Bertz CT molecular complexity index is 489. The van der Waals surface area contributed by atoms with Crippen molar-refractivity contribution in [2.75, 3.05) is 6.54 Å². The van der Waals surface area contributed by atoms with Crippen molar-refractivity contribution in [1.29, 1.82) is 0 Å². The summed E-state index contributed by atoms with van der Waals surface area (Å²) in [7, 11) is 0. The molecule has 1 saturated heterocycles. The first kappa shape index (κ1) is 13.6. The lowest BCUT2D eigenvalue weighted by atomic mass is 9.89. The van der Waals surface area contributed by atoms with Crippen LogP contribution in [0, 0.1) is 6.92 Å². The lowest BCUT2D eigenvalue weighted by molar-refractivity contribution is -0.151. The predicted octanol–water partition coefficient (Wildman–Crippen LogP) is 1.61. The Morgan fingerprint density at radius 2 is 2.00 bits per heavy atom. The molecule has 0 radical (unpaired) electrons. The van der Waals surface area contributed by atoms with Crippen LogP contribution in [0.15, 0.2) is 16.5 Å². The third-order valence-corrected chi connectivity index (χ3v) is 3.76. The van der Waals surface area contributed by atoms with E-state index in [0.29, 0.717) is 25.1 Å². The molecule has 0 aliphatic carbocycles. The Balaban J connectivity index is 2.20. The number of rotatable bonds is 4. The predicted molar refractivity (Wildman–Crippen MR) is 70.3 cm³/mol. The fraction of sp³-hybridized carbons (Fsp3) is 0.571. The highest BCUT2D eigenvalue weighted by atomic mass is 16.3. The monoisotopic (exact) mass is 264 g/mol. The third-order valence-electron chi connectivity index (χ3n) is 3.76. The SMILES string of the molecule is CCC1(CC)NC(=O)CN(Cc2ccc(C)o2)C1=O. The first-order valence-corrected chi connectivity index (χ1v) is 6.66. The van der Waals surface area contributed by atoms with Gasteiger partial charge in [-0.15, -0.1) is 0 Å². The molecule has 0 atom stereocenters. The van der Waals surface area contributed by atoms with E-state index < -0.39 is 5.54 Å². The van der Waals surface area contributed by atoms with E-state index in [1.807, 2.05) is 32.9 Å². The molecule has 2 amide bonds. The van der Waals surface area contributed by atoms with Crippen molar-refractivity contribution in [2.24, 2.45) is 0 Å². The summed E-state index contributed by atoms with van der Waals surface area (Å²) >= 11 is 0. The summed E-state index contributed by atoms with van der Waals surface area (Å²) in [6.45, 7) is 6.14. The van der Waals surface area contributed by atoms with Gasteiger partial charge in [-0.3, -0.25) is 9.59 Å². The van der Waals surface area contributed by atoms with Gasteiger partial charge in [0.25, 0.3) is 0 Å². The molecule has 104 valence electrons. The number of amides is 2. The average molecular weight is 264 g/mol. The van der Waals surface area contributed by atoms with Crippen molar-refractivity contribution >= 4 is 11.8 Å². The maximum atomic E-state index is 12.5. The number of nitrogens with one attached hydrogen (secondary N) is 1.